The third kappa shape index (κ3) is 3.62. The predicted octanol–water partition coefficient (Wildman–Crippen LogP) is 3.65. The summed E-state index contributed by atoms with van der Waals surface area (Å²) in [5.74, 6) is -2.65. The number of phenols is 1. The van der Waals surface area contributed by atoms with Gasteiger partial charge in [-0.25, -0.2) is 13.6 Å². The Morgan fingerprint density at radius 1 is 1.21 bits per heavy atom. The number of rotatable bonds is 4. The Kier molecular flexibility index (Phi) is 5.35. The van der Waals surface area contributed by atoms with Gasteiger partial charge < -0.3 is 14.7 Å². The van der Waals surface area contributed by atoms with Crippen molar-refractivity contribution in [3.05, 3.63) is 58.1 Å². The molecule has 0 unspecified atom stereocenters. The van der Waals surface area contributed by atoms with Crippen LogP contribution in [0.3, 0.4) is 0 Å². The molecule has 24 heavy (non-hydrogen) atoms. The second-order valence-corrected chi connectivity index (χ2v) is 5.00. The summed E-state index contributed by atoms with van der Waals surface area (Å²) in [6.45, 7) is 1.09. The first-order valence-electron chi connectivity index (χ1n) is 6.62. The molecule has 0 fully saturated rings. The molecule has 2 rings (SSSR count). The zero-order valence-electron chi connectivity index (χ0n) is 12.6. The van der Waals surface area contributed by atoms with Crippen LogP contribution in [0, 0.1) is 11.6 Å². The van der Waals surface area contributed by atoms with E-state index < -0.39 is 23.4 Å². The van der Waals surface area contributed by atoms with E-state index in [-0.39, 0.29) is 27.6 Å². The first kappa shape index (κ1) is 17.7. The van der Waals surface area contributed by atoms with Crippen LogP contribution in [-0.4, -0.2) is 23.9 Å². The lowest BCUT2D eigenvalue weighted by Crippen LogP contribution is -2.09. The number of ether oxygens (including phenoxy) is 1. The van der Waals surface area contributed by atoms with Gasteiger partial charge in [-0.3, -0.25) is 0 Å². The van der Waals surface area contributed by atoms with E-state index in [9.17, 15) is 18.7 Å². The SMILES string of the molecule is COc1ccc(/C(=N\OC(C)=O)c2cc(F)ccc2F)c(O)c1Cl. The largest absolute Gasteiger partial charge is 0.506 e. The summed E-state index contributed by atoms with van der Waals surface area (Å²) in [6.07, 6.45) is 0. The third-order valence-electron chi connectivity index (χ3n) is 3.00. The fraction of sp³-hybridized carbons (Fsp3) is 0.125. The van der Waals surface area contributed by atoms with Crippen LogP contribution in [0.1, 0.15) is 18.1 Å². The lowest BCUT2D eigenvalue weighted by Gasteiger charge is -2.12. The van der Waals surface area contributed by atoms with Crippen molar-refractivity contribution < 1.29 is 28.3 Å². The number of aromatic hydroxyl groups is 1. The molecule has 8 heteroatoms. The van der Waals surface area contributed by atoms with E-state index in [0.717, 1.165) is 25.1 Å². The molecule has 0 heterocycles. The minimum absolute atomic E-state index is 0.0634. The van der Waals surface area contributed by atoms with Crippen LogP contribution in [0.2, 0.25) is 5.02 Å². The summed E-state index contributed by atoms with van der Waals surface area (Å²) in [5.41, 5.74) is -0.677. The Labute approximate surface area is 141 Å². The van der Waals surface area contributed by atoms with E-state index in [0.29, 0.717) is 0 Å². The molecule has 0 amide bonds. The third-order valence-corrected chi connectivity index (χ3v) is 3.37. The quantitative estimate of drug-likeness (QED) is 0.516. The summed E-state index contributed by atoms with van der Waals surface area (Å²) in [5, 5.41) is 13.6. The summed E-state index contributed by atoms with van der Waals surface area (Å²) < 4.78 is 32.5. The van der Waals surface area contributed by atoms with Crippen molar-refractivity contribution in [1.82, 2.24) is 0 Å². The molecule has 2 aromatic carbocycles. The highest BCUT2D eigenvalue weighted by atomic mass is 35.5. The molecule has 0 saturated carbocycles. The Balaban J connectivity index is 2.68. The number of halogens is 3. The van der Waals surface area contributed by atoms with Crippen LogP contribution in [-0.2, 0) is 9.63 Å². The molecule has 5 nitrogen and oxygen atoms in total. The molecular formula is C16H12ClF2NO4. The molecule has 0 radical (unpaired) electrons. The van der Waals surface area contributed by atoms with Gasteiger partial charge in [-0.15, -0.1) is 0 Å². The van der Waals surface area contributed by atoms with Crippen LogP contribution in [0.4, 0.5) is 8.78 Å². The zero-order valence-corrected chi connectivity index (χ0v) is 13.4. The highest BCUT2D eigenvalue weighted by molar-refractivity contribution is 6.34. The number of hydrogen-bond donors (Lipinski definition) is 1. The highest BCUT2D eigenvalue weighted by Gasteiger charge is 2.21. The van der Waals surface area contributed by atoms with Gasteiger partial charge in [0.25, 0.3) is 0 Å². The van der Waals surface area contributed by atoms with E-state index in [1.54, 1.807) is 0 Å². The first-order valence-corrected chi connectivity index (χ1v) is 6.99. The number of carbonyl (C=O) groups is 1. The number of oxime groups is 1. The van der Waals surface area contributed by atoms with Gasteiger partial charge in [0.05, 0.1) is 7.11 Å². The normalized spacial score (nSPS) is 11.3. The van der Waals surface area contributed by atoms with Crippen LogP contribution in [0.25, 0.3) is 0 Å². The van der Waals surface area contributed by atoms with Gasteiger partial charge in [0.2, 0.25) is 0 Å². The van der Waals surface area contributed by atoms with Crippen LogP contribution in [0.5, 0.6) is 11.5 Å². The molecule has 0 spiro atoms. The van der Waals surface area contributed by atoms with Crippen molar-refractivity contribution in [2.75, 3.05) is 7.11 Å². The molecular weight excluding hydrogens is 344 g/mol. The molecule has 0 aliphatic carbocycles. The summed E-state index contributed by atoms with van der Waals surface area (Å²) >= 11 is 5.96. The van der Waals surface area contributed by atoms with Crippen molar-refractivity contribution in [2.24, 2.45) is 5.16 Å². The molecule has 0 aliphatic rings. The molecule has 0 aromatic heterocycles. The Hall–Kier alpha value is -2.67. The molecule has 2 aromatic rings. The molecule has 0 saturated heterocycles. The average Bonchev–Trinajstić information content (AvgIpc) is 2.54. The maximum absolute atomic E-state index is 14.1. The summed E-state index contributed by atoms with van der Waals surface area (Å²) in [7, 11) is 1.35. The standard InChI is InChI=1S/C16H12ClF2NO4/c1-8(21)24-20-15(11-7-9(18)3-5-12(11)19)10-4-6-13(23-2)14(17)16(10)22/h3-7,22H,1-2H3/b20-15+. The predicted molar refractivity (Wildman–Crippen MR) is 83.4 cm³/mol. The lowest BCUT2D eigenvalue weighted by atomic mass is 10.0. The van der Waals surface area contributed by atoms with Gasteiger partial charge in [-0.2, -0.15) is 0 Å². The Morgan fingerprint density at radius 2 is 1.92 bits per heavy atom. The zero-order chi connectivity index (χ0) is 17.9. The summed E-state index contributed by atoms with van der Waals surface area (Å²) in [6, 6.07) is 5.39. The summed E-state index contributed by atoms with van der Waals surface area (Å²) in [4.78, 5) is 15.5. The number of benzene rings is 2. The van der Waals surface area contributed by atoms with Crippen LogP contribution in [0.15, 0.2) is 35.5 Å². The second-order valence-electron chi connectivity index (χ2n) is 4.62. The van der Waals surface area contributed by atoms with E-state index in [1.807, 2.05) is 0 Å². The maximum atomic E-state index is 14.1. The maximum Gasteiger partial charge on any atom is 0.332 e. The number of nitrogens with zero attached hydrogens (tertiary/aromatic N) is 1. The minimum Gasteiger partial charge on any atom is -0.506 e. The molecule has 1 N–H and O–H groups in total. The van der Waals surface area contributed by atoms with Gasteiger partial charge in [-0.1, -0.05) is 16.8 Å². The van der Waals surface area contributed by atoms with Crippen LogP contribution < -0.4 is 4.74 Å². The van der Waals surface area contributed by atoms with E-state index >= 15 is 0 Å². The van der Waals surface area contributed by atoms with Crippen molar-refractivity contribution in [3.8, 4) is 11.5 Å². The smallest absolute Gasteiger partial charge is 0.332 e. The topological polar surface area (TPSA) is 68.1 Å². The van der Waals surface area contributed by atoms with E-state index in [2.05, 4.69) is 9.99 Å². The number of carbonyl (C=O) groups excluding carboxylic acids is 1. The van der Waals surface area contributed by atoms with Crippen molar-refractivity contribution in [3.63, 3.8) is 0 Å². The minimum atomic E-state index is -0.825. The Morgan fingerprint density at radius 3 is 2.54 bits per heavy atom. The average molecular weight is 356 g/mol. The van der Waals surface area contributed by atoms with Crippen LogP contribution >= 0.6 is 11.6 Å². The first-order chi connectivity index (χ1) is 11.3. The van der Waals surface area contributed by atoms with E-state index in [1.165, 1.54) is 19.2 Å². The van der Waals surface area contributed by atoms with Gasteiger partial charge in [0.15, 0.2) is 0 Å². The van der Waals surface area contributed by atoms with E-state index in [4.69, 9.17) is 16.3 Å². The molecule has 0 bridgehead atoms. The monoisotopic (exact) mass is 355 g/mol. The fourth-order valence-corrected chi connectivity index (χ4v) is 2.17. The molecule has 0 atom stereocenters. The second kappa shape index (κ2) is 7.27. The van der Waals surface area contributed by atoms with Crippen molar-refractivity contribution in [2.45, 2.75) is 6.92 Å². The van der Waals surface area contributed by atoms with Crippen molar-refractivity contribution >= 4 is 23.3 Å². The van der Waals surface area contributed by atoms with Gasteiger partial charge in [0.1, 0.15) is 33.9 Å². The van der Waals surface area contributed by atoms with Gasteiger partial charge >= 0.3 is 5.97 Å². The number of phenolic OH excluding ortho intramolecular Hbond substituents is 1. The number of methoxy groups -OCH3 is 1. The van der Waals surface area contributed by atoms with Gasteiger partial charge in [0, 0.05) is 18.1 Å². The fourth-order valence-electron chi connectivity index (χ4n) is 1.93. The lowest BCUT2D eigenvalue weighted by molar-refractivity contribution is -0.140. The van der Waals surface area contributed by atoms with Crippen molar-refractivity contribution in [1.29, 1.82) is 0 Å². The molecule has 126 valence electrons. The highest BCUT2D eigenvalue weighted by Crippen LogP contribution is 2.37. The van der Waals surface area contributed by atoms with Gasteiger partial charge in [-0.05, 0) is 30.3 Å². The Bertz CT molecular complexity index is 824. The number of hydrogen-bond acceptors (Lipinski definition) is 5. The molecule has 0 aliphatic heterocycles.